The van der Waals surface area contributed by atoms with Crippen LogP contribution >= 0.6 is 7.82 Å². The van der Waals surface area contributed by atoms with Crippen molar-refractivity contribution < 1.29 is 28.3 Å². The SMILES string of the molecule is O=c1ccn([C@H]2CC[C@H](COP(=O)(O)OCCCCO)O2)c(=O)[nH]1.[K]. The number of hydrogen-bond donors (Lipinski definition) is 3. The van der Waals surface area contributed by atoms with Crippen molar-refractivity contribution in [1.29, 1.82) is 0 Å². The third-order valence-electron chi connectivity index (χ3n) is 3.48. The van der Waals surface area contributed by atoms with E-state index in [2.05, 4.69) is 4.98 Å². The van der Waals surface area contributed by atoms with Crippen LogP contribution in [0.25, 0.3) is 0 Å². The summed E-state index contributed by atoms with van der Waals surface area (Å²) in [4.78, 5) is 34.4. The molecule has 1 aliphatic heterocycles. The molecule has 2 heterocycles. The number of phosphoric acid groups is 1. The monoisotopic (exact) mass is 403 g/mol. The van der Waals surface area contributed by atoms with Gasteiger partial charge in [-0.05, 0) is 25.7 Å². The van der Waals surface area contributed by atoms with Gasteiger partial charge in [0.25, 0.3) is 5.56 Å². The van der Waals surface area contributed by atoms with Gasteiger partial charge in [-0.25, -0.2) is 9.36 Å². The molecule has 10 nitrogen and oxygen atoms in total. The van der Waals surface area contributed by atoms with Crippen LogP contribution in [0.3, 0.4) is 0 Å². The molecule has 3 N–H and O–H groups in total. The minimum atomic E-state index is -4.17. The number of ether oxygens (including phenoxy) is 1. The van der Waals surface area contributed by atoms with Crippen molar-refractivity contribution in [2.45, 2.75) is 38.0 Å². The number of nitrogens with one attached hydrogen (secondary N) is 1. The van der Waals surface area contributed by atoms with Crippen LogP contribution in [0.5, 0.6) is 0 Å². The molecule has 1 aromatic heterocycles. The molecule has 2 rings (SSSR count). The fourth-order valence-electron chi connectivity index (χ4n) is 2.28. The van der Waals surface area contributed by atoms with E-state index in [9.17, 15) is 19.0 Å². The van der Waals surface area contributed by atoms with Crippen molar-refractivity contribution in [3.63, 3.8) is 0 Å². The van der Waals surface area contributed by atoms with Crippen molar-refractivity contribution in [1.82, 2.24) is 9.55 Å². The van der Waals surface area contributed by atoms with E-state index in [-0.39, 0.29) is 71.2 Å². The maximum Gasteiger partial charge on any atom is 0.472 e. The van der Waals surface area contributed by atoms with E-state index in [1.54, 1.807) is 0 Å². The second-order valence-electron chi connectivity index (χ2n) is 5.34. The predicted molar refractivity (Wildman–Crippen MR) is 88.3 cm³/mol. The molecule has 0 spiro atoms. The van der Waals surface area contributed by atoms with Crippen molar-refractivity contribution >= 4 is 59.2 Å². The molecular weight excluding hydrogens is 382 g/mol. The van der Waals surface area contributed by atoms with Crippen LogP contribution in [0.4, 0.5) is 0 Å². The second-order valence-corrected chi connectivity index (χ2v) is 6.79. The Labute approximate surface area is 186 Å². The Morgan fingerprint density at radius 3 is 2.76 bits per heavy atom. The summed E-state index contributed by atoms with van der Waals surface area (Å²) in [5.41, 5.74) is -1.07. The summed E-state index contributed by atoms with van der Waals surface area (Å²) in [6.45, 7) is -0.154. The molecule has 1 radical (unpaired) electrons. The summed E-state index contributed by atoms with van der Waals surface area (Å²) in [6, 6.07) is 1.22. The first-order valence-electron chi connectivity index (χ1n) is 7.61. The van der Waals surface area contributed by atoms with Gasteiger partial charge in [0.05, 0.1) is 19.3 Å². The number of rotatable bonds is 9. The molecular formula is C13H21KN2O8P. The van der Waals surface area contributed by atoms with Crippen LogP contribution in [-0.4, -0.2) is 96.9 Å². The largest absolute Gasteiger partial charge is 0.472 e. The minimum absolute atomic E-state index is 0. The van der Waals surface area contributed by atoms with Gasteiger partial charge < -0.3 is 14.7 Å². The second kappa shape index (κ2) is 11.2. The Morgan fingerprint density at radius 2 is 2.08 bits per heavy atom. The summed E-state index contributed by atoms with van der Waals surface area (Å²) < 4.78 is 28.2. The molecule has 0 aliphatic carbocycles. The van der Waals surface area contributed by atoms with Crippen LogP contribution in [0.2, 0.25) is 0 Å². The average Bonchev–Trinajstić information content (AvgIpc) is 2.98. The molecule has 0 bridgehead atoms. The van der Waals surface area contributed by atoms with Gasteiger partial charge >= 0.3 is 13.5 Å². The van der Waals surface area contributed by atoms with Crippen LogP contribution in [0.1, 0.15) is 31.9 Å². The Morgan fingerprint density at radius 1 is 1.32 bits per heavy atom. The first kappa shape index (κ1) is 23.4. The van der Waals surface area contributed by atoms with Gasteiger partial charge in [0.1, 0.15) is 6.23 Å². The maximum atomic E-state index is 11.7. The van der Waals surface area contributed by atoms with E-state index in [1.165, 1.54) is 16.8 Å². The Kier molecular flexibility index (Phi) is 10.5. The number of phosphoric ester groups is 1. The summed E-state index contributed by atoms with van der Waals surface area (Å²) in [7, 11) is -4.17. The van der Waals surface area contributed by atoms with Gasteiger partial charge in [-0.3, -0.25) is 23.4 Å². The normalized spacial score (nSPS) is 22.3. The molecule has 1 aliphatic rings. The zero-order valence-corrected chi connectivity index (χ0v) is 18.0. The molecule has 1 saturated heterocycles. The van der Waals surface area contributed by atoms with Crippen LogP contribution in [-0.2, 0) is 18.3 Å². The van der Waals surface area contributed by atoms with E-state index in [0.29, 0.717) is 25.7 Å². The van der Waals surface area contributed by atoms with Gasteiger partial charge in [-0.2, -0.15) is 0 Å². The Balaban J connectivity index is 0.00000312. The van der Waals surface area contributed by atoms with E-state index in [0.717, 1.165) is 0 Å². The number of aromatic amines is 1. The first-order valence-corrected chi connectivity index (χ1v) is 9.10. The number of aliphatic hydroxyl groups excluding tert-OH is 1. The fourth-order valence-corrected chi connectivity index (χ4v) is 3.07. The molecule has 1 fully saturated rings. The smallest absolute Gasteiger partial charge is 0.396 e. The summed E-state index contributed by atoms with van der Waals surface area (Å²) in [6.07, 6.45) is 2.27. The molecule has 1 aromatic rings. The van der Waals surface area contributed by atoms with E-state index in [1.807, 2.05) is 0 Å². The molecule has 1 unspecified atom stereocenters. The van der Waals surface area contributed by atoms with Crippen molar-refractivity contribution in [3.05, 3.63) is 33.1 Å². The maximum absolute atomic E-state index is 11.7. The van der Waals surface area contributed by atoms with Crippen LogP contribution in [0.15, 0.2) is 21.9 Å². The number of aliphatic hydroxyl groups is 1. The number of nitrogens with zero attached hydrogens (tertiary/aromatic N) is 1. The standard InChI is InChI=1S/C13H21N2O8P.K/c16-7-1-2-8-21-24(19,20)22-9-10-3-4-12(23-10)15-6-5-11(17)14-13(15)18;/h5-6,10,12,16H,1-4,7-9H2,(H,19,20)(H,14,17,18);/t10-,12-;/m1./s1. The molecule has 137 valence electrons. The predicted octanol–water partition coefficient (Wildman–Crippen LogP) is -0.261. The average molecular weight is 403 g/mol. The fraction of sp³-hybridized carbons (Fsp3) is 0.692. The van der Waals surface area contributed by atoms with Crippen LogP contribution in [0, 0.1) is 0 Å². The number of aromatic nitrogens is 2. The summed E-state index contributed by atoms with van der Waals surface area (Å²) in [5, 5.41) is 8.62. The summed E-state index contributed by atoms with van der Waals surface area (Å²) >= 11 is 0. The van der Waals surface area contributed by atoms with Gasteiger partial charge in [-0.1, -0.05) is 0 Å². The molecule has 25 heavy (non-hydrogen) atoms. The molecule has 3 atom stereocenters. The topological polar surface area (TPSA) is 140 Å². The third kappa shape index (κ3) is 7.85. The molecule has 0 amide bonds. The molecule has 12 heteroatoms. The van der Waals surface area contributed by atoms with Gasteiger partial charge in [0.2, 0.25) is 0 Å². The number of hydrogen-bond acceptors (Lipinski definition) is 7. The minimum Gasteiger partial charge on any atom is -0.396 e. The van der Waals surface area contributed by atoms with E-state index in [4.69, 9.17) is 18.9 Å². The Bertz CT molecular complexity index is 693. The third-order valence-corrected chi connectivity index (χ3v) is 4.46. The number of H-pyrrole nitrogens is 1. The Hall–Kier alpha value is 0.346. The van der Waals surface area contributed by atoms with Gasteiger partial charge in [-0.15, -0.1) is 0 Å². The summed E-state index contributed by atoms with van der Waals surface area (Å²) in [5.74, 6) is 0. The van der Waals surface area contributed by atoms with Crippen molar-refractivity contribution in [2.24, 2.45) is 0 Å². The zero-order valence-electron chi connectivity index (χ0n) is 14.0. The first-order chi connectivity index (χ1) is 11.4. The van der Waals surface area contributed by atoms with Crippen molar-refractivity contribution in [2.75, 3.05) is 19.8 Å². The zero-order chi connectivity index (χ0) is 17.6. The van der Waals surface area contributed by atoms with Gasteiger partial charge in [0.15, 0.2) is 0 Å². The van der Waals surface area contributed by atoms with E-state index >= 15 is 0 Å². The molecule has 0 aromatic carbocycles. The van der Waals surface area contributed by atoms with Gasteiger partial charge in [0, 0.05) is 70.3 Å². The van der Waals surface area contributed by atoms with Crippen molar-refractivity contribution in [3.8, 4) is 0 Å². The number of unbranched alkanes of at least 4 members (excludes halogenated alkanes) is 1. The quantitative estimate of drug-likeness (QED) is 0.291. The van der Waals surface area contributed by atoms with Crippen LogP contribution < -0.4 is 11.2 Å². The van der Waals surface area contributed by atoms with E-state index < -0.39 is 31.4 Å². The molecule has 0 saturated carbocycles.